The van der Waals surface area contributed by atoms with E-state index in [2.05, 4.69) is 18.3 Å². The van der Waals surface area contributed by atoms with Crippen molar-refractivity contribution in [1.82, 2.24) is 5.32 Å². The molecule has 1 unspecified atom stereocenters. The van der Waals surface area contributed by atoms with Crippen LogP contribution in [0.3, 0.4) is 0 Å². The fourth-order valence-corrected chi connectivity index (χ4v) is 2.29. The fourth-order valence-electron chi connectivity index (χ4n) is 2.29. The third-order valence-corrected chi connectivity index (χ3v) is 3.67. The summed E-state index contributed by atoms with van der Waals surface area (Å²) in [5.74, 6) is -0.148. The minimum atomic E-state index is -0.626. The highest BCUT2D eigenvalue weighted by molar-refractivity contribution is 5.85. The van der Waals surface area contributed by atoms with Crippen molar-refractivity contribution < 1.29 is 4.79 Å². The lowest BCUT2D eigenvalue weighted by Gasteiger charge is -2.14. The first-order chi connectivity index (χ1) is 10.1. The van der Waals surface area contributed by atoms with E-state index in [0.29, 0.717) is 6.54 Å². The first-order valence-corrected chi connectivity index (χ1v) is 7.28. The number of hydrogen-bond donors (Lipinski definition) is 2. The summed E-state index contributed by atoms with van der Waals surface area (Å²) >= 11 is 0. The summed E-state index contributed by atoms with van der Waals surface area (Å²) in [6.45, 7) is 4.64. The average molecular weight is 319 g/mol. The van der Waals surface area contributed by atoms with E-state index in [0.717, 1.165) is 23.1 Å². The Labute approximate surface area is 138 Å². The maximum Gasteiger partial charge on any atom is 0.241 e. The average Bonchev–Trinajstić information content (AvgIpc) is 2.52. The SMILES string of the molecule is CCc1ccccc1CNC(=O)C(N)c1ccc(C)cc1.Cl. The second-order valence-corrected chi connectivity index (χ2v) is 5.23. The zero-order chi connectivity index (χ0) is 15.2. The van der Waals surface area contributed by atoms with Gasteiger partial charge >= 0.3 is 0 Å². The summed E-state index contributed by atoms with van der Waals surface area (Å²) in [6, 6.07) is 15.2. The predicted octanol–water partition coefficient (Wildman–Crippen LogP) is 3.30. The van der Waals surface area contributed by atoms with E-state index in [1.54, 1.807) is 0 Å². The molecule has 0 spiro atoms. The Hall–Kier alpha value is -1.84. The topological polar surface area (TPSA) is 55.1 Å². The molecule has 2 rings (SSSR count). The zero-order valence-electron chi connectivity index (χ0n) is 13.0. The van der Waals surface area contributed by atoms with E-state index < -0.39 is 6.04 Å². The molecule has 0 fully saturated rings. The van der Waals surface area contributed by atoms with Crippen LogP contribution in [0.25, 0.3) is 0 Å². The van der Waals surface area contributed by atoms with Crippen molar-refractivity contribution in [3.63, 3.8) is 0 Å². The lowest BCUT2D eigenvalue weighted by molar-refractivity contribution is -0.122. The standard InChI is InChI=1S/C18H22N2O.ClH/c1-3-14-6-4-5-7-16(14)12-20-18(21)17(19)15-10-8-13(2)9-11-15;/h4-11,17H,3,12,19H2,1-2H3,(H,20,21);1H. The van der Waals surface area contributed by atoms with Gasteiger partial charge in [-0.25, -0.2) is 0 Å². The quantitative estimate of drug-likeness (QED) is 0.888. The number of carbonyl (C=O) groups excluding carboxylic acids is 1. The Morgan fingerprint density at radius 1 is 1.09 bits per heavy atom. The smallest absolute Gasteiger partial charge is 0.241 e. The van der Waals surface area contributed by atoms with Crippen LogP contribution in [0, 0.1) is 6.92 Å². The molecule has 0 aromatic heterocycles. The molecule has 1 amide bonds. The van der Waals surface area contributed by atoms with Crippen LogP contribution in [-0.4, -0.2) is 5.91 Å². The van der Waals surface area contributed by atoms with Gasteiger partial charge in [-0.3, -0.25) is 4.79 Å². The Morgan fingerprint density at radius 3 is 2.27 bits per heavy atom. The van der Waals surface area contributed by atoms with Gasteiger partial charge in [-0.2, -0.15) is 0 Å². The largest absolute Gasteiger partial charge is 0.350 e. The summed E-state index contributed by atoms with van der Waals surface area (Å²) in [5, 5.41) is 2.92. The summed E-state index contributed by atoms with van der Waals surface area (Å²) < 4.78 is 0. The predicted molar refractivity (Wildman–Crippen MR) is 93.0 cm³/mol. The van der Waals surface area contributed by atoms with Gasteiger partial charge in [-0.05, 0) is 30.0 Å². The number of hydrogen-bond acceptors (Lipinski definition) is 2. The van der Waals surface area contributed by atoms with Gasteiger partial charge in [0.2, 0.25) is 5.91 Å². The molecule has 0 aliphatic rings. The van der Waals surface area contributed by atoms with Gasteiger partial charge < -0.3 is 11.1 Å². The third kappa shape index (κ3) is 4.58. The highest BCUT2D eigenvalue weighted by Crippen LogP contribution is 2.13. The molecule has 0 bridgehead atoms. The molecule has 118 valence electrons. The highest BCUT2D eigenvalue weighted by Gasteiger charge is 2.15. The summed E-state index contributed by atoms with van der Waals surface area (Å²) in [4.78, 5) is 12.2. The number of rotatable bonds is 5. The van der Waals surface area contributed by atoms with E-state index in [4.69, 9.17) is 5.73 Å². The number of aryl methyl sites for hydroxylation is 2. The van der Waals surface area contributed by atoms with Crippen molar-refractivity contribution in [2.45, 2.75) is 32.9 Å². The maximum absolute atomic E-state index is 12.2. The van der Waals surface area contributed by atoms with Crippen LogP contribution in [0.4, 0.5) is 0 Å². The van der Waals surface area contributed by atoms with E-state index in [1.807, 2.05) is 49.4 Å². The van der Waals surface area contributed by atoms with Crippen LogP contribution in [0.15, 0.2) is 48.5 Å². The summed E-state index contributed by atoms with van der Waals surface area (Å²) in [6.07, 6.45) is 0.954. The molecule has 0 radical (unpaired) electrons. The molecule has 2 aromatic rings. The molecule has 3 nitrogen and oxygen atoms in total. The number of amides is 1. The molecule has 0 saturated carbocycles. The summed E-state index contributed by atoms with van der Waals surface area (Å²) in [5.41, 5.74) is 10.4. The Balaban J connectivity index is 0.00000242. The Kier molecular flexibility index (Phi) is 7.09. The minimum Gasteiger partial charge on any atom is -0.350 e. The van der Waals surface area contributed by atoms with E-state index in [-0.39, 0.29) is 18.3 Å². The van der Waals surface area contributed by atoms with Crippen molar-refractivity contribution in [3.8, 4) is 0 Å². The van der Waals surface area contributed by atoms with Crippen LogP contribution in [0.1, 0.15) is 35.2 Å². The molecule has 0 aliphatic heterocycles. The minimum absolute atomic E-state index is 0. The molecular weight excluding hydrogens is 296 g/mol. The number of nitrogens with two attached hydrogens (primary N) is 1. The first kappa shape index (κ1) is 18.2. The van der Waals surface area contributed by atoms with E-state index >= 15 is 0 Å². The summed E-state index contributed by atoms with van der Waals surface area (Å²) in [7, 11) is 0. The monoisotopic (exact) mass is 318 g/mol. The molecule has 4 heteroatoms. The number of carbonyl (C=O) groups is 1. The second-order valence-electron chi connectivity index (χ2n) is 5.23. The second kappa shape index (κ2) is 8.57. The van der Waals surface area contributed by atoms with E-state index in [9.17, 15) is 4.79 Å². The van der Waals surface area contributed by atoms with Crippen molar-refractivity contribution >= 4 is 18.3 Å². The van der Waals surface area contributed by atoms with Crippen molar-refractivity contribution in [2.75, 3.05) is 0 Å². The number of halogens is 1. The fraction of sp³-hybridized carbons (Fsp3) is 0.278. The Bertz CT molecular complexity index is 611. The highest BCUT2D eigenvalue weighted by atomic mass is 35.5. The first-order valence-electron chi connectivity index (χ1n) is 7.28. The van der Waals surface area contributed by atoms with Crippen LogP contribution < -0.4 is 11.1 Å². The molecular formula is C18H23ClN2O. The van der Waals surface area contributed by atoms with Crippen LogP contribution in [0.2, 0.25) is 0 Å². The van der Waals surface area contributed by atoms with E-state index in [1.165, 1.54) is 5.56 Å². The van der Waals surface area contributed by atoms with Crippen molar-refractivity contribution in [2.24, 2.45) is 5.73 Å². The molecule has 3 N–H and O–H groups in total. The Morgan fingerprint density at radius 2 is 1.68 bits per heavy atom. The normalized spacial score (nSPS) is 11.4. The van der Waals surface area contributed by atoms with Gasteiger partial charge in [0.1, 0.15) is 6.04 Å². The van der Waals surface area contributed by atoms with Crippen molar-refractivity contribution in [1.29, 1.82) is 0 Å². The van der Waals surface area contributed by atoms with Gasteiger partial charge in [0, 0.05) is 6.54 Å². The van der Waals surface area contributed by atoms with Gasteiger partial charge in [0.05, 0.1) is 0 Å². The van der Waals surface area contributed by atoms with Crippen LogP contribution in [0.5, 0.6) is 0 Å². The van der Waals surface area contributed by atoms with Crippen LogP contribution >= 0.6 is 12.4 Å². The van der Waals surface area contributed by atoms with Gasteiger partial charge in [0.25, 0.3) is 0 Å². The lowest BCUT2D eigenvalue weighted by Crippen LogP contribution is -2.33. The molecule has 0 aliphatic carbocycles. The van der Waals surface area contributed by atoms with Crippen LogP contribution in [-0.2, 0) is 17.8 Å². The zero-order valence-corrected chi connectivity index (χ0v) is 13.8. The molecule has 0 saturated heterocycles. The van der Waals surface area contributed by atoms with Crippen molar-refractivity contribution in [3.05, 3.63) is 70.8 Å². The number of benzene rings is 2. The maximum atomic E-state index is 12.2. The molecule has 22 heavy (non-hydrogen) atoms. The molecule has 2 aromatic carbocycles. The molecule has 0 heterocycles. The molecule has 1 atom stereocenters. The number of nitrogens with one attached hydrogen (secondary N) is 1. The lowest BCUT2D eigenvalue weighted by atomic mass is 10.0. The third-order valence-electron chi connectivity index (χ3n) is 3.67. The van der Waals surface area contributed by atoms with Gasteiger partial charge in [-0.1, -0.05) is 61.0 Å². The van der Waals surface area contributed by atoms with Gasteiger partial charge in [0.15, 0.2) is 0 Å². The van der Waals surface area contributed by atoms with Gasteiger partial charge in [-0.15, -0.1) is 12.4 Å².